The lowest BCUT2D eigenvalue weighted by Gasteiger charge is -2.19. The zero-order valence-corrected chi connectivity index (χ0v) is 14.9. The summed E-state index contributed by atoms with van der Waals surface area (Å²) >= 11 is 0. The second kappa shape index (κ2) is 9.38. The van der Waals surface area contributed by atoms with E-state index in [9.17, 15) is 14.7 Å². The van der Waals surface area contributed by atoms with Gasteiger partial charge in [-0.25, -0.2) is 5.48 Å². The lowest BCUT2D eigenvalue weighted by molar-refractivity contribution is -0.133. The second-order valence-electron chi connectivity index (χ2n) is 5.72. The van der Waals surface area contributed by atoms with Gasteiger partial charge < -0.3 is 15.2 Å². The van der Waals surface area contributed by atoms with Crippen LogP contribution in [0.25, 0.3) is 0 Å². The third-order valence-corrected chi connectivity index (χ3v) is 3.75. The second-order valence-corrected chi connectivity index (χ2v) is 5.72. The molecule has 7 heteroatoms. The number of rotatable bonds is 5. The summed E-state index contributed by atoms with van der Waals surface area (Å²) in [5, 5.41) is 20.6. The molecule has 0 spiro atoms. The smallest absolute Gasteiger partial charge is 0.268 e. The van der Waals surface area contributed by atoms with Crippen LogP contribution in [-0.2, 0) is 4.79 Å². The van der Waals surface area contributed by atoms with Gasteiger partial charge in [0.05, 0.1) is 13.2 Å². The Balaban J connectivity index is 2.07. The van der Waals surface area contributed by atoms with Crippen LogP contribution in [0.1, 0.15) is 28.4 Å². The summed E-state index contributed by atoms with van der Waals surface area (Å²) in [6.07, 6.45) is -1.17. The van der Waals surface area contributed by atoms with Gasteiger partial charge in [-0.15, -0.1) is 0 Å². The Morgan fingerprint density at radius 1 is 1.00 bits per heavy atom. The molecule has 0 aromatic heterocycles. The highest BCUT2D eigenvalue weighted by Gasteiger charge is 2.25. The third kappa shape index (κ3) is 5.57. The SMILES string of the molecule is COc1ccc(C#Cc2ccc(C(=O)N[C@H](C(=O)NO)[C@@H](C)O)cc2)cc1. The first-order valence-corrected chi connectivity index (χ1v) is 8.13. The number of hydrogen-bond donors (Lipinski definition) is 4. The summed E-state index contributed by atoms with van der Waals surface area (Å²) in [7, 11) is 1.60. The quantitative estimate of drug-likeness (QED) is 0.359. The molecule has 2 amide bonds. The molecule has 27 heavy (non-hydrogen) atoms. The van der Waals surface area contributed by atoms with Crippen LogP contribution in [0.3, 0.4) is 0 Å². The molecule has 0 unspecified atom stereocenters. The monoisotopic (exact) mass is 368 g/mol. The first-order valence-electron chi connectivity index (χ1n) is 8.13. The van der Waals surface area contributed by atoms with E-state index in [-0.39, 0.29) is 0 Å². The number of hydrogen-bond acceptors (Lipinski definition) is 5. The Bertz CT molecular complexity index is 849. The molecule has 0 fully saturated rings. The molecule has 0 bridgehead atoms. The maximum atomic E-state index is 12.2. The van der Waals surface area contributed by atoms with Gasteiger partial charge in [-0.05, 0) is 55.5 Å². The van der Waals surface area contributed by atoms with Gasteiger partial charge >= 0.3 is 0 Å². The van der Waals surface area contributed by atoms with Crippen molar-refractivity contribution in [1.29, 1.82) is 0 Å². The number of hydroxylamine groups is 1. The summed E-state index contributed by atoms with van der Waals surface area (Å²) in [6, 6.07) is 12.5. The molecule has 0 aliphatic carbocycles. The van der Waals surface area contributed by atoms with Gasteiger partial charge in [-0.2, -0.15) is 0 Å². The molecule has 0 aliphatic rings. The van der Waals surface area contributed by atoms with Gasteiger partial charge in [-0.3, -0.25) is 14.8 Å². The summed E-state index contributed by atoms with van der Waals surface area (Å²) in [6.45, 7) is 1.33. The summed E-state index contributed by atoms with van der Waals surface area (Å²) in [5.41, 5.74) is 3.24. The largest absolute Gasteiger partial charge is 0.497 e. The molecule has 2 aromatic carbocycles. The van der Waals surface area contributed by atoms with Crippen molar-refractivity contribution in [2.75, 3.05) is 7.11 Å². The Labute approximate surface area is 156 Å². The van der Waals surface area contributed by atoms with Crippen LogP contribution < -0.4 is 15.5 Å². The number of nitrogens with one attached hydrogen (secondary N) is 2. The zero-order valence-electron chi connectivity index (χ0n) is 14.9. The van der Waals surface area contributed by atoms with Crippen molar-refractivity contribution in [3.8, 4) is 17.6 Å². The van der Waals surface area contributed by atoms with Crippen LogP contribution in [0.15, 0.2) is 48.5 Å². The fourth-order valence-electron chi connectivity index (χ4n) is 2.22. The summed E-state index contributed by atoms with van der Waals surface area (Å²) < 4.78 is 5.09. The molecule has 7 nitrogen and oxygen atoms in total. The molecule has 2 atom stereocenters. The normalized spacial score (nSPS) is 12.1. The number of amides is 2. The van der Waals surface area contributed by atoms with Gasteiger partial charge in [-0.1, -0.05) is 11.8 Å². The van der Waals surface area contributed by atoms with E-state index < -0.39 is 24.0 Å². The van der Waals surface area contributed by atoms with Crippen LogP contribution in [0.4, 0.5) is 0 Å². The van der Waals surface area contributed by atoms with Crippen LogP contribution in [0.5, 0.6) is 5.75 Å². The number of benzene rings is 2. The highest BCUT2D eigenvalue weighted by molar-refractivity contribution is 5.97. The van der Waals surface area contributed by atoms with E-state index in [1.54, 1.807) is 31.4 Å². The minimum Gasteiger partial charge on any atom is -0.497 e. The van der Waals surface area contributed by atoms with E-state index in [0.29, 0.717) is 11.1 Å². The van der Waals surface area contributed by atoms with Crippen molar-refractivity contribution in [1.82, 2.24) is 10.8 Å². The van der Waals surface area contributed by atoms with Crippen LogP contribution in [0, 0.1) is 11.8 Å². The van der Waals surface area contributed by atoms with E-state index in [4.69, 9.17) is 9.94 Å². The Morgan fingerprint density at radius 2 is 1.52 bits per heavy atom. The average molecular weight is 368 g/mol. The summed E-state index contributed by atoms with van der Waals surface area (Å²) in [5.74, 6) is 5.29. The molecule has 2 rings (SSSR count). The van der Waals surface area contributed by atoms with E-state index in [0.717, 1.165) is 11.3 Å². The zero-order chi connectivity index (χ0) is 19.8. The minimum absolute atomic E-state index is 0.293. The fourth-order valence-corrected chi connectivity index (χ4v) is 2.22. The number of carbonyl (C=O) groups is 2. The first-order chi connectivity index (χ1) is 12.9. The highest BCUT2D eigenvalue weighted by atomic mass is 16.5. The molecule has 4 N–H and O–H groups in total. The molecule has 0 saturated heterocycles. The van der Waals surface area contributed by atoms with Crippen LogP contribution in [0.2, 0.25) is 0 Å². The standard InChI is InChI=1S/C20H20N2O5/c1-13(23)18(20(25)22-26)21-19(24)16-9-5-14(6-10-16)3-4-15-7-11-17(27-2)12-8-15/h5-13,18,23,26H,1-2H3,(H,21,24)(H,22,25)/t13-,18+/m1/s1. The van der Waals surface area contributed by atoms with Crippen molar-refractivity contribution < 1.29 is 24.6 Å². The van der Waals surface area contributed by atoms with Crippen molar-refractivity contribution in [3.63, 3.8) is 0 Å². The number of aliphatic hydroxyl groups excluding tert-OH is 1. The van der Waals surface area contributed by atoms with E-state index >= 15 is 0 Å². The number of ether oxygens (including phenoxy) is 1. The van der Waals surface area contributed by atoms with E-state index in [1.807, 2.05) is 24.3 Å². The molecule has 2 aromatic rings. The van der Waals surface area contributed by atoms with Gasteiger partial charge in [0.15, 0.2) is 0 Å². The maximum Gasteiger partial charge on any atom is 0.268 e. The van der Waals surface area contributed by atoms with Crippen molar-refractivity contribution in [2.45, 2.75) is 19.1 Å². The van der Waals surface area contributed by atoms with Crippen LogP contribution >= 0.6 is 0 Å². The van der Waals surface area contributed by atoms with Crippen molar-refractivity contribution in [2.24, 2.45) is 0 Å². The Hall–Kier alpha value is -3.34. The molecule has 0 aliphatic heterocycles. The molecular weight excluding hydrogens is 348 g/mol. The van der Waals surface area contributed by atoms with E-state index in [2.05, 4.69) is 17.2 Å². The molecular formula is C20H20N2O5. The van der Waals surface area contributed by atoms with Crippen LogP contribution in [-0.4, -0.2) is 41.4 Å². The van der Waals surface area contributed by atoms with Gasteiger partial charge in [0.2, 0.25) is 0 Å². The van der Waals surface area contributed by atoms with Crippen molar-refractivity contribution in [3.05, 3.63) is 65.2 Å². The highest BCUT2D eigenvalue weighted by Crippen LogP contribution is 2.11. The molecule has 140 valence electrons. The Kier molecular flexibility index (Phi) is 6.94. The number of methoxy groups -OCH3 is 1. The van der Waals surface area contributed by atoms with Gasteiger partial charge in [0.25, 0.3) is 11.8 Å². The minimum atomic E-state index is -1.27. The lowest BCUT2D eigenvalue weighted by Crippen LogP contribution is -2.51. The summed E-state index contributed by atoms with van der Waals surface area (Å²) in [4.78, 5) is 23.7. The topological polar surface area (TPSA) is 108 Å². The number of aliphatic hydroxyl groups is 1. The lowest BCUT2D eigenvalue weighted by atomic mass is 10.1. The van der Waals surface area contributed by atoms with E-state index in [1.165, 1.54) is 12.4 Å². The van der Waals surface area contributed by atoms with Gasteiger partial charge in [0, 0.05) is 16.7 Å². The maximum absolute atomic E-state index is 12.2. The van der Waals surface area contributed by atoms with Crippen molar-refractivity contribution >= 4 is 11.8 Å². The Morgan fingerprint density at radius 3 is 1.96 bits per heavy atom. The molecule has 0 radical (unpaired) electrons. The van der Waals surface area contributed by atoms with Gasteiger partial charge in [0.1, 0.15) is 11.8 Å². The predicted molar refractivity (Wildman–Crippen MR) is 98.3 cm³/mol. The predicted octanol–water partition coefficient (Wildman–Crippen LogP) is 1.08. The number of carbonyl (C=O) groups excluding carboxylic acids is 2. The average Bonchev–Trinajstić information content (AvgIpc) is 2.70. The fraction of sp³-hybridized carbons (Fsp3) is 0.200. The molecule has 0 heterocycles. The first kappa shape index (κ1) is 20.0. The third-order valence-electron chi connectivity index (χ3n) is 3.75. The molecule has 0 saturated carbocycles.